The summed E-state index contributed by atoms with van der Waals surface area (Å²) in [7, 11) is 2.99. The van der Waals surface area contributed by atoms with Gasteiger partial charge in [-0.3, -0.25) is 14.4 Å². The summed E-state index contributed by atoms with van der Waals surface area (Å²) < 4.78 is 21.6. The lowest BCUT2D eigenvalue weighted by Crippen LogP contribution is -2.32. The maximum absolute atomic E-state index is 12.9. The van der Waals surface area contributed by atoms with E-state index in [0.717, 1.165) is 0 Å². The number of ketones is 1. The molecule has 0 saturated heterocycles. The number of carbonyl (C=O) groups excluding carboxylic acids is 2. The standard InChI is InChI=1S/C25H27N3O7/c1-4-28(14-23-26-17-13-21(33-3)20(32-2)12-16(17)25(31)27-23)24(30)8-6-18(29)15-5-7-19-22(11-15)35-10-9-34-19/h5,7,11-13H,4,6,8-10,14H2,1-3H3,(H,26,27,31). The van der Waals surface area contributed by atoms with Crippen molar-refractivity contribution in [2.75, 3.05) is 34.0 Å². The number of Topliss-reactive ketones (excluding diaryl/α,β-unsaturated/α-hetero) is 1. The second kappa shape index (κ2) is 10.5. The van der Waals surface area contributed by atoms with Crippen molar-refractivity contribution < 1.29 is 28.5 Å². The van der Waals surface area contributed by atoms with E-state index in [2.05, 4.69) is 9.97 Å². The van der Waals surface area contributed by atoms with Gasteiger partial charge < -0.3 is 28.8 Å². The summed E-state index contributed by atoms with van der Waals surface area (Å²) >= 11 is 0. The van der Waals surface area contributed by atoms with Gasteiger partial charge in [-0.2, -0.15) is 0 Å². The average molecular weight is 482 g/mol. The van der Waals surface area contributed by atoms with Gasteiger partial charge in [0.2, 0.25) is 5.91 Å². The van der Waals surface area contributed by atoms with Crippen LogP contribution in [-0.4, -0.2) is 60.5 Å². The maximum atomic E-state index is 12.9. The molecule has 3 aromatic rings. The highest BCUT2D eigenvalue weighted by Gasteiger charge is 2.19. The molecular formula is C25H27N3O7. The van der Waals surface area contributed by atoms with Crippen LogP contribution in [0, 0.1) is 0 Å². The topological polar surface area (TPSA) is 120 Å². The van der Waals surface area contributed by atoms with Crippen molar-refractivity contribution in [3.63, 3.8) is 0 Å². The molecule has 1 aliphatic heterocycles. The molecular weight excluding hydrogens is 454 g/mol. The first-order valence-electron chi connectivity index (χ1n) is 11.3. The molecule has 0 fully saturated rings. The summed E-state index contributed by atoms with van der Waals surface area (Å²) in [6.45, 7) is 3.23. The number of aromatic nitrogens is 2. The molecule has 184 valence electrons. The van der Waals surface area contributed by atoms with E-state index < -0.39 is 0 Å². The molecule has 1 amide bonds. The molecule has 10 nitrogen and oxygen atoms in total. The fourth-order valence-corrected chi connectivity index (χ4v) is 3.89. The third-order valence-electron chi connectivity index (χ3n) is 5.76. The molecule has 0 unspecified atom stereocenters. The predicted molar refractivity (Wildman–Crippen MR) is 128 cm³/mol. The van der Waals surface area contributed by atoms with Gasteiger partial charge in [-0.25, -0.2) is 4.98 Å². The molecule has 1 aliphatic rings. The average Bonchev–Trinajstić information content (AvgIpc) is 2.89. The zero-order chi connectivity index (χ0) is 24.9. The molecule has 0 saturated carbocycles. The van der Waals surface area contributed by atoms with Crippen molar-refractivity contribution in [1.82, 2.24) is 14.9 Å². The third-order valence-corrected chi connectivity index (χ3v) is 5.76. The zero-order valence-electron chi connectivity index (χ0n) is 19.9. The Hall–Kier alpha value is -4.08. The summed E-state index contributed by atoms with van der Waals surface area (Å²) in [5, 5.41) is 0.353. The molecule has 1 N–H and O–H groups in total. The number of ether oxygens (including phenoxy) is 4. The van der Waals surface area contributed by atoms with Gasteiger partial charge in [0.05, 0.1) is 31.7 Å². The van der Waals surface area contributed by atoms with Crippen molar-refractivity contribution in [2.24, 2.45) is 0 Å². The Balaban J connectivity index is 1.44. The minimum Gasteiger partial charge on any atom is -0.493 e. The molecule has 35 heavy (non-hydrogen) atoms. The highest BCUT2D eigenvalue weighted by molar-refractivity contribution is 5.98. The van der Waals surface area contributed by atoms with Crippen molar-refractivity contribution in [1.29, 1.82) is 0 Å². The normalized spacial score (nSPS) is 12.3. The van der Waals surface area contributed by atoms with Gasteiger partial charge in [0.1, 0.15) is 19.0 Å². The summed E-state index contributed by atoms with van der Waals surface area (Å²) in [6.07, 6.45) is 0.0809. The smallest absolute Gasteiger partial charge is 0.258 e. The van der Waals surface area contributed by atoms with E-state index in [0.29, 0.717) is 65.0 Å². The van der Waals surface area contributed by atoms with Gasteiger partial charge in [0.25, 0.3) is 5.56 Å². The van der Waals surface area contributed by atoms with E-state index in [9.17, 15) is 14.4 Å². The molecule has 0 bridgehead atoms. The Labute approximate surface area is 201 Å². The van der Waals surface area contributed by atoms with E-state index in [-0.39, 0.29) is 36.6 Å². The monoisotopic (exact) mass is 481 g/mol. The second-order valence-electron chi connectivity index (χ2n) is 7.93. The van der Waals surface area contributed by atoms with Gasteiger partial charge in [-0.1, -0.05) is 0 Å². The summed E-state index contributed by atoms with van der Waals surface area (Å²) in [5.74, 6) is 1.97. The van der Waals surface area contributed by atoms with Crippen LogP contribution in [0.2, 0.25) is 0 Å². The van der Waals surface area contributed by atoms with Gasteiger partial charge in [-0.15, -0.1) is 0 Å². The minimum absolute atomic E-state index is 0.0317. The van der Waals surface area contributed by atoms with Crippen molar-refractivity contribution in [2.45, 2.75) is 26.3 Å². The van der Waals surface area contributed by atoms with Gasteiger partial charge >= 0.3 is 0 Å². The van der Waals surface area contributed by atoms with Crippen molar-refractivity contribution in [3.8, 4) is 23.0 Å². The number of fused-ring (bicyclic) bond motifs is 2. The first kappa shape index (κ1) is 24.1. The number of benzene rings is 2. The number of aromatic amines is 1. The lowest BCUT2D eigenvalue weighted by Gasteiger charge is -2.21. The van der Waals surface area contributed by atoms with Crippen molar-refractivity contribution >= 4 is 22.6 Å². The molecule has 2 heterocycles. The quantitative estimate of drug-likeness (QED) is 0.463. The van der Waals surface area contributed by atoms with E-state index >= 15 is 0 Å². The fraction of sp³-hybridized carbons (Fsp3) is 0.360. The van der Waals surface area contributed by atoms with Crippen LogP contribution in [0.15, 0.2) is 35.1 Å². The summed E-state index contributed by atoms with van der Waals surface area (Å²) in [4.78, 5) is 46.9. The number of hydrogen-bond acceptors (Lipinski definition) is 8. The number of hydrogen-bond donors (Lipinski definition) is 1. The highest BCUT2D eigenvalue weighted by atomic mass is 16.6. The van der Waals surface area contributed by atoms with Crippen LogP contribution in [0.25, 0.3) is 10.9 Å². The lowest BCUT2D eigenvalue weighted by molar-refractivity contribution is -0.131. The van der Waals surface area contributed by atoms with Crippen LogP contribution in [-0.2, 0) is 11.3 Å². The molecule has 0 aliphatic carbocycles. The number of methoxy groups -OCH3 is 2. The molecule has 10 heteroatoms. The van der Waals surface area contributed by atoms with Crippen LogP contribution in [0.3, 0.4) is 0 Å². The van der Waals surface area contributed by atoms with Crippen molar-refractivity contribution in [3.05, 3.63) is 52.1 Å². The van der Waals surface area contributed by atoms with E-state index in [4.69, 9.17) is 18.9 Å². The van der Waals surface area contributed by atoms with E-state index in [1.165, 1.54) is 14.2 Å². The Morgan fingerprint density at radius 3 is 2.46 bits per heavy atom. The molecule has 0 atom stereocenters. The van der Waals surface area contributed by atoms with Gasteiger partial charge in [0, 0.05) is 31.0 Å². The molecule has 0 radical (unpaired) electrons. The summed E-state index contributed by atoms with van der Waals surface area (Å²) in [6, 6.07) is 8.21. The number of nitrogens with one attached hydrogen (secondary N) is 1. The largest absolute Gasteiger partial charge is 0.493 e. The first-order valence-corrected chi connectivity index (χ1v) is 11.3. The SMILES string of the molecule is CCN(Cc1nc2cc(OC)c(OC)cc2c(=O)[nH]1)C(=O)CCC(=O)c1ccc2c(c1)OCCO2. The number of carbonyl (C=O) groups is 2. The van der Waals surface area contributed by atoms with Crippen LogP contribution in [0.1, 0.15) is 35.9 Å². The van der Waals surface area contributed by atoms with Gasteiger partial charge in [0.15, 0.2) is 28.8 Å². The lowest BCUT2D eigenvalue weighted by atomic mass is 10.1. The van der Waals surface area contributed by atoms with Crippen LogP contribution in [0.5, 0.6) is 23.0 Å². The minimum atomic E-state index is -0.344. The number of nitrogens with zero attached hydrogens (tertiary/aromatic N) is 2. The highest BCUT2D eigenvalue weighted by Crippen LogP contribution is 2.31. The number of amides is 1. The molecule has 2 aromatic carbocycles. The third kappa shape index (κ3) is 5.21. The van der Waals surface area contributed by atoms with Gasteiger partial charge in [-0.05, 0) is 31.2 Å². The summed E-state index contributed by atoms with van der Waals surface area (Å²) in [5.41, 5.74) is 0.553. The first-order chi connectivity index (χ1) is 16.9. The number of H-pyrrole nitrogens is 1. The fourth-order valence-electron chi connectivity index (χ4n) is 3.89. The Bertz CT molecular complexity index is 1320. The Morgan fingerprint density at radius 2 is 1.74 bits per heavy atom. The zero-order valence-corrected chi connectivity index (χ0v) is 19.9. The predicted octanol–water partition coefficient (Wildman–Crippen LogP) is 2.72. The maximum Gasteiger partial charge on any atom is 0.258 e. The van der Waals surface area contributed by atoms with E-state index in [1.807, 2.05) is 6.92 Å². The van der Waals surface area contributed by atoms with Crippen LogP contribution >= 0.6 is 0 Å². The number of rotatable bonds is 9. The molecule has 4 rings (SSSR count). The van der Waals surface area contributed by atoms with E-state index in [1.54, 1.807) is 35.2 Å². The second-order valence-corrected chi connectivity index (χ2v) is 7.93. The van der Waals surface area contributed by atoms with Crippen LogP contribution in [0.4, 0.5) is 0 Å². The molecule has 1 aromatic heterocycles. The Kier molecular flexibility index (Phi) is 7.19. The van der Waals surface area contributed by atoms with Crippen LogP contribution < -0.4 is 24.5 Å². The molecule has 0 spiro atoms. The Morgan fingerprint density at radius 1 is 1.03 bits per heavy atom.